The lowest BCUT2D eigenvalue weighted by atomic mass is 10.0. The number of nitrogens with zero attached hydrogens (tertiary/aromatic N) is 1. The van der Waals surface area contributed by atoms with E-state index in [-0.39, 0.29) is 16.8 Å². The molecular formula is C16H18ClNO2. The van der Waals surface area contributed by atoms with E-state index in [1.165, 1.54) is 4.90 Å². The van der Waals surface area contributed by atoms with E-state index in [2.05, 4.69) is 0 Å². The van der Waals surface area contributed by atoms with Crippen LogP contribution >= 0.6 is 11.6 Å². The number of benzene rings is 1. The van der Waals surface area contributed by atoms with Crippen molar-refractivity contribution in [3.63, 3.8) is 0 Å². The van der Waals surface area contributed by atoms with Crippen LogP contribution < -0.4 is 0 Å². The zero-order valence-corrected chi connectivity index (χ0v) is 12.8. The standard InChI is InChI=1S/C16H18ClNO2/c1-4-5-8-18-15(19)13(14(17)16(18)20)12-7-6-10(2)11(3)9-12/h6-7,9H,4-5,8H2,1-3H3. The van der Waals surface area contributed by atoms with E-state index in [9.17, 15) is 9.59 Å². The Balaban J connectivity index is 2.38. The van der Waals surface area contributed by atoms with Gasteiger partial charge in [0.2, 0.25) is 0 Å². The Morgan fingerprint density at radius 3 is 2.40 bits per heavy atom. The highest BCUT2D eigenvalue weighted by Gasteiger charge is 2.37. The number of rotatable bonds is 4. The summed E-state index contributed by atoms with van der Waals surface area (Å²) in [7, 11) is 0. The summed E-state index contributed by atoms with van der Waals surface area (Å²) < 4.78 is 0. The molecular weight excluding hydrogens is 274 g/mol. The lowest BCUT2D eigenvalue weighted by Gasteiger charge is -2.14. The minimum absolute atomic E-state index is 0.0364. The van der Waals surface area contributed by atoms with Crippen LogP contribution in [0.15, 0.2) is 23.2 Å². The maximum atomic E-state index is 12.4. The molecule has 1 aliphatic heterocycles. The van der Waals surface area contributed by atoms with E-state index >= 15 is 0 Å². The Morgan fingerprint density at radius 1 is 1.10 bits per heavy atom. The van der Waals surface area contributed by atoms with Crippen LogP contribution in [-0.4, -0.2) is 23.3 Å². The second kappa shape index (κ2) is 5.80. The maximum absolute atomic E-state index is 12.4. The van der Waals surface area contributed by atoms with Gasteiger partial charge in [0.15, 0.2) is 0 Å². The van der Waals surface area contributed by atoms with Crippen molar-refractivity contribution in [2.45, 2.75) is 33.6 Å². The van der Waals surface area contributed by atoms with E-state index in [4.69, 9.17) is 11.6 Å². The van der Waals surface area contributed by atoms with Gasteiger partial charge >= 0.3 is 0 Å². The van der Waals surface area contributed by atoms with Crippen molar-refractivity contribution in [2.75, 3.05) is 6.54 Å². The fraction of sp³-hybridized carbons (Fsp3) is 0.375. The number of halogens is 1. The van der Waals surface area contributed by atoms with Crippen molar-refractivity contribution in [1.82, 2.24) is 4.90 Å². The van der Waals surface area contributed by atoms with Gasteiger partial charge in [-0.1, -0.05) is 43.1 Å². The number of aryl methyl sites for hydroxylation is 2. The summed E-state index contributed by atoms with van der Waals surface area (Å²) in [6.45, 7) is 6.43. The normalized spacial score (nSPS) is 15.5. The summed E-state index contributed by atoms with van der Waals surface area (Å²) in [6.07, 6.45) is 1.72. The molecule has 0 bridgehead atoms. The molecule has 0 saturated heterocycles. The number of unbranched alkanes of at least 4 members (excludes halogenated alkanes) is 1. The van der Waals surface area contributed by atoms with Gasteiger partial charge < -0.3 is 0 Å². The minimum atomic E-state index is -0.377. The molecule has 1 aromatic carbocycles. The first-order chi connectivity index (χ1) is 9.47. The molecule has 0 atom stereocenters. The molecule has 0 unspecified atom stereocenters. The molecule has 2 amide bonds. The third-order valence-corrected chi connectivity index (χ3v) is 3.99. The molecule has 1 aromatic rings. The van der Waals surface area contributed by atoms with Crippen molar-refractivity contribution in [1.29, 1.82) is 0 Å². The van der Waals surface area contributed by atoms with Crippen molar-refractivity contribution in [3.8, 4) is 0 Å². The molecule has 0 radical (unpaired) electrons. The average Bonchev–Trinajstić information content (AvgIpc) is 2.62. The van der Waals surface area contributed by atoms with Crippen LogP contribution in [0.5, 0.6) is 0 Å². The van der Waals surface area contributed by atoms with Crippen LogP contribution in [0.1, 0.15) is 36.5 Å². The SMILES string of the molecule is CCCCN1C(=O)C(Cl)=C(c2ccc(C)c(C)c2)C1=O. The highest BCUT2D eigenvalue weighted by Crippen LogP contribution is 2.32. The predicted octanol–water partition coefficient (Wildman–Crippen LogP) is 3.42. The van der Waals surface area contributed by atoms with Crippen LogP contribution in [0, 0.1) is 13.8 Å². The van der Waals surface area contributed by atoms with Gasteiger partial charge in [0, 0.05) is 6.54 Å². The van der Waals surface area contributed by atoms with Crippen molar-refractivity contribution in [3.05, 3.63) is 39.9 Å². The fourth-order valence-corrected chi connectivity index (χ4v) is 2.50. The molecule has 0 N–H and O–H groups in total. The fourth-order valence-electron chi connectivity index (χ4n) is 2.21. The molecule has 3 nitrogen and oxygen atoms in total. The summed E-state index contributed by atoms with van der Waals surface area (Å²) >= 11 is 6.09. The smallest absolute Gasteiger partial charge is 0.273 e. The van der Waals surface area contributed by atoms with Gasteiger partial charge in [-0.2, -0.15) is 0 Å². The highest BCUT2D eigenvalue weighted by atomic mass is 35.5. The average molecular weight is 292 g/mol. The quantitative estimate of drug-likeness (QED) is 0.797. The minimum Gasteiger partial charge on any atom is -0.274 e. The first-order valence-corrected chi connectivity index (χ1v) is 7.18. The lowest BCUT2D eigenvalue weighted by Crippen LogP contribution is -2.32. The van der Waals surface area contributed by atoms with E-state index in [0.717, 1.165) is 29.5 Å². The van der Waals surface area contributed by atoms with Gasteiger partial charge in [-0.25, -0.2) is 0 Å². The van der Waals surface area contributed by atoms with E-state index in [1.807, 2.05) is 39.0 Å². The Morgan fingerprint density at radius 2 is 1.80 bits per heavy atom. The Bertz CT molecular complexity index is 604. The molecule has 1 heterocycles. The Kier molecular flexibility index (Phi) is 4.29. The predicted molar refractivity (Wildman–Crippen MR) is 80.3 cm³/mol. The second-order valence-electron chi connectivity index (χ2n) is 5.10. The third-order valence-electron chi connectivity index (χ3n) is 3.64. The molecule has 1 aliphatic rings. The molecule has 0 aromatic heterocycles. The summed E-state index contributed by atoms with van der Waals surface area (Å²) in [5, 5.41) is 0.0364. The van der Waals surface area contributed by atoms with E-state index < -0.39 is 0 Å². The topological polar surface area (TPSA) is 37.4 Å². The summed E-state index contributed by atoms with van der Waals surface area (Å²) in [6, 6.07) is 5.68. The summed E-state index contributed by atoms with van der Waals surface area (Å²) in [4.78, 5) is 25.7. The van der Waals surface area contributed by atoms with Gasteiger partial charge in [0.25, 0.3) is 11.8 Å². The molecule has 2 rings (SSSR count). The zero-order chi connectivity index (χ0) is 14.9. The van der Waals surface area contributed by atoms with Gasteiger partial charge in [0.1, 0.15) is 5.03 Å². The van der Waals surface area contributed by atoms with Crippen LogP contribution in [-0.2, 0) is 9.59 Å². The molecule has 0 aliphatic carbocycles. The Hall–Kier alpha value is -1.61. The number of imide groups is 1. The number of hydrogen-bond acceptors (Lipinski definition) is 2. The third kappa shape index (κ3) is 2.50. The molecule has 20 heavy (non-hydrogen) atoms. The number of amides is 2. The van der Waals surface area contributed by atoms with Crippen LogP contribution in [0.3, 0.4) is 0 Å². The number of hydrogen-bond donors (Lipinski definition) is 0. The second-order valence-corrected chi connectivity index (χ2v) is 5.48. The monoisotopic (exact) mass is 291 g/mol. The van der Waals surface area contributed by atoms with Crippen LogP contribution in [0.25, 0.3) is 5.57 Å². The van der Waals surface area contributed by atoms with E-state index in [1.54, 1.807) is 0 Å². The van der Waals surface area contributed by atoms with E-state index in [0.29, 0.717) is 12.1 Å². The Labute approximate surface area is 124 Å². The highest BCUT2D eigenvalue weighted by molar-refractivity contribution is 6.55. The van der Waals surface area contributed by atoms with Gasteiger partial charge in [-0.05, 0) is 37.0 Å². The summed E-state index contributed by atoms with van der Waals surface area (Å²) in [5.41, 5.74) is 3.27. The molecule has 106 valence electrons. The zero-order valence-electron chi connectivity index (χ0n) is 12.0. The molecule has 0 fully saturated rings. The largest absolute Gasteiger partial charge is 0.274 e. The van der Waals surface area contributed by atoms with Crippen molar-refractivity contribution in [2.24, 2.45) is 0 Å². The molecule has 4 heteroatoms. The number of carbonyl (C=O) groups excluding carboxylic acids is 2. The van der Waals surface area contributed by atoms with Crippen LogP contribution in [0.4, 0.5) is 0 Å². The van der Waals surface area contributed by atoms with Gasteiger partial charge in [-0.3, -0.25) is 14.5 Å². The molecule has 0 spiro atoms. The molecule has 0 saturated carbocycles. The number of carbonyl (C=O) groups is 2. The van der Waals surface area contributed by atoms with Gasteiger partial charge in [0.05, 0.1) is 5.57 Å². The first-order valence-electron chi connectivity index (χ1n) is 6.81. The van der Waals surface area contributed by atoms with Crippen molar-refractivity contribution < 1.29 is 9.59 Å². The van der Waals surface area contributed by atoms with Crippen LogP contribution in [0.2, 0.25) is 0 Å². The van der Waals surface area contributed by atoms with Gasteiger partial charge in [-0.15, -0.1) is 0 Å². The summed E-state index contributed by atoms with van der Waals surface area (Å²) in [5.74, 6) is -0.657. The lowest BCUT2D eigenvalue weighted by molar-refractivity contribution is -0.136. The van der Waals surface area contributed by atoms with Crippen molar-refractivity contribution >= 4 is 29.0 Å². The maximum Gasteiger partial charge on any atom is 0.273 e. The first kappa shape index (κ1) is 14.8.